The van der Waals surface area contributed by atoms with Crippen LogP contribution in [0.5, 0.6) is 0 Å². The number of halogens is 1. The number of hydrogen-bond acceptors (Lipinski definition) is 3. The summed E-state index contributed by atoms with van der Waals surface area (Å²) in [6.45, 7) is 1.78. The van der Waals surface area contributed by atoms with Gasteiger partial charge in [-0.1, -0.05) is 24.3 Å². The van der Waals surface area contributed by atoms with Crippen LogP contribution in [0.1, 0.15) is 30.2 Å². The van der Waals surface area contributed by atoms with E-state index < -0.39 is 11.0 Å². The summed E-state index contributed by atoms with van der Waals surface area (Å²) in [5.41, 5.74) is -1.44. The summed E-state index contributed by atoms with van der Waals surface area (Å²) in [5, 5.41) is 15.1. The Morgan fingerprint density at radius 2 is 2.09 bits per heavy atom. The molecule has 0 radical (unpaired) electrons. The summed E-state index contributed by atoms with van der Waals surface area (Å²) >= 11 is 1.44. The zero-order chi connectivity index (χ0) is 15.8. The van der Waals surface area contributed by atoms with Gasteiger partial charge in [0.2, 0.25) is 5.91 Å². The summed E-state index contributed by atoms with van der Waals surface area (Å²) in [5.74, 6) is -0.561. The summed E-state index contributed by atoms with van der Waals surface area (Å²) in [6, 6.07) is 10.1. The molecule has 1 atom stereocenters. The third kappa shape index (κ3) is 2.66. The average molecular weight is 319 g/mol. The van der Waals surface area contributed by atoms with Crippen LogP contribution in [0, 0.1) is 5.82 Å². The van der Waals surface area contributed by atoms with E-state index in [9.17, 15) is 14.3 Å². The number of thiophene rings is 1. The lowest BCUT2D eigenvalue weighted by Crippen LogP contribution is -2.43. The van der Waals surface area contributed by atoms with E-state index in [2.05, 4.69) is 5.32 Å². The zero-order valence-electron chi connectivity index (χ0n) is 12.3. The summed E-state index contributed by atoms with van der Waals surface area (Å²) in [7, 11) is 0. The highest BCUT2D eigenvalue weighted by Crippen LogP contribution is 2.49. The Labute approximate surface area is 132 Å². The Morgan fingerprint density at radius 3 is 2.68 bits per heavy atom. The van der Waals surface area contributed by atoms with Crippen molar-refractivity contribution in [3.05, 3.63) is 58.0 Å². The van der Waals surface area contributed by atoms with Gasteiger partial charge in [-0.05, 0) is 37.3 Å². The molecule has 1 aromatic carbocycles. The summed E-state index contributed by atoms with van der Waals surface area (Å²) in [4.78, 5) is 13.3. The molecule has 0 saturated heterocycles. The molecule has 3 rings (SSSR count). The van der Waals surface area contributed by atoms with Crippen LogP contribution in [0.4, 0.5) is 4.39 Å². The molecule has 116 valence electrons. The molecule has 1 fully saturated rings. The maximum absolute atomic E-state index is 14.0. The second-order valence-electron chi connectivity index (χ2n) is 6.00. The third-order valence-corrected chi connectivity index (χ3v) is 5.34. The largest absolute Gasteiger partial charge is 0.383 e. The molecule has 0 aliphatic heterocycles. The SMILES string of the molecule is CC(O)(CNC(=O)C1(c2ccccc2F)CC1)c1cccs1. The van der Waals surface area contributed by atoms with Crippen molar-refractivity contribution in [2.75, 3.05) is 6.54 Å². The Hall–Kier alpha value is -1.72. The molecule has 0 spiro atoms. The first-order valence-electron chi connectivity index (χ1n) is 7.25. The van der Waals surface area contributed by atoms with E-state index in [0.29, 0.717) is 18.4 Å². The van der Waals surface area contributed by atoms with Gasteiger partial charge in [0.05, 0.1) is 12.0 Å². The molecule has 1 amide bonds. The molecular formula is C17H18FNO2S. The van der Waals surface area contributed by atoms with Crippen molar-refractivity contribution >= 4 is 17.2 Å². The number of rotatable bonds is 5. The molecule has 5 heteroatoms. The van der Waals surface area contributed by atoms with Gasteiger partial charge in [0.25, 0.3) is 0 Å². The quantitative estimate of drug-likeness (QED) is 0.890. The molecule has 2 N–H and O–H groups in total. The van der Waals surface area contributed by atoms with Crippen molar-refractivity contribution in [2.45, 2.75) is 30.8 Å². The van der Waals surface area contributed by atoms with Crippen molar-refractivity contribution in [1.29, 1.82) is 0 Å². The molecule has 1 aliphatic rings. The van der Waals surface area contributed by atoms with Gasteiger partial charge in [-0.3, -0.25) is 4.79 Å². The minimum absolute atomic E-state index is 0.114. The number of benzene rings is 1. The number of nitrogens with one attached hydrogen (secondary N) is 1. The second kappa shape index (κ2) is 5.48. The van der Waals surface area contributed by atoms with E-state index in [1.807, 2.05) is 17.5 Å². The van der Waals surface area contributed by atoms with E-state index in [-0.39, 0.29) is 18.3 Å². The van der Waals surface area contributed by atoms with Crippen molar-refractivity contribution in [3.8, 4) is 0 Å². The van der Waals surface area contributed by atoms with E-state index in [1.54, 1.807) is 25.1 Å². The predicted octanol–water partition coefficient (Wildman–Crippen LogP) is 2.94. The molecule has 1 saturated carbocycles. The normalized spacial score (nSPS) is 18.5. The monoisotopic (exact) mass is 319 g/mol. The van der Waals surface area contributed by atoms with E-state index in [0.717, 1.165) is 4.88 Å². The van der Waals surface area contributed by atoms with Crippen molar-refractivity contribution < 1.29 is 14.3 Å². The van der Waals surface area contributed by atoms with Crippen LogP contribution < -0.4 is 5.32 Å². The van der Waals surface area contributed by atoms with Gasteiger partial charge in [0, 0.05) is 10.4 Å². The number of carbonyl (C=O) groups is 1. The number of amides is 1. The average Bonchev–Trinajstić information content (AvgIpc) is 3.10. The number of hydrogen-bond donors (Lipinski definition) is 2. The second-order valence-corrected chi connectivity index (χ2v) is 6.94. The number of carbonyl (C=O) groups excluding carboxylic acids is 1. The molecule has 2 aromatic rings. The van der Waals surface area contributed by atoms with Gasteiger partial charge < -0.3 is 10.4 Å². The van der Waals surface area contributed by atoms with E-state index >= 15 is 0 Å². The maximum atomic E-state index is 14.0. The zero-order valence-corrected chi connectivity index (χ0v) is 13.1. The molecular weight excluding hydrogens is 301 g/mol. The minimum atomic E-state index is -1.12. The topological polar surface area (TPSA) is 49.3 Å². The predicted molar refractivity (Wildman–Crippen MR) is 84.2 cm³/mol. The van der Waals surface area contributed by atoms with Gasteiger partial charge in [-0.25, -0.2) is 4.39 Å². The first-order valence-corrected chi connectivity index (χ1v) is 8.13. The van der Waals surface area contributed by atoms with Crippen LogP contribution in [0.3, 0.4) is 0 Å². The van der Waals surface area contributed by atoms with Crippen LogP contribution in [0.25, 0.3) is 0 Å². The van der Waals surface area contributed by atoms with Crippen LogP contribution in [0.15, 0.2) is 41.8 Å². The third-order valence-electron chi connectivity index (χ3n) is 4.22. The molecule has 1 aromatic heterocycles. The molecule has 1 aliphatic carbocycles. The Balaban J connectivity index is 1.72. The van der Waals surface area contributed by atoms with Crippen molar-refractivity contribution in [3.63, 3.8) is 0 Å². The van der Waals surface area contributed by atoms with Gasteiger partial charge in [0.1, 0.15) is 11.4 Å². The van der Waals surface area contributed by atoms with Crippen molar-refractivity contribution in [2.24, 2.45) is 0 Å². The lowest BCUT2D eigenvalue weighted by molar-refractivity contribution is -0.124. The fraction of sp³-hybridized carbons (Fsp3) is 0.353. The van der Waals surface area contributed by atoms with Crippen LogP contribution in [0.2, 0.25) is 0 Å². The summed E-state index contributed by atoms with van der Waals surface area (Å²) in [6.07, 6.45) is 1.28. The standard InChI is InChI=1S/C17H18FNO2S/c1-16(21,14-7-4-10-22-14)11-19-15(20)17(8-9-17)12-5-2-3-6-13(12)18/h2-7,10,21H,8-9,11H2,1H3,(H,19,20). The van der Waals surface area contributed by atoms with Gasteiger partial charge in [-0.2, -0.15) is 0 Å². The van der Waals surface area contributed by atoms with Crippen LogP contribution in [-0.2, 0) is 15.8 Å². The van der Waals surface area contributed by atoms with Gasteiger partial charge >= 0.3 is 0 Å². The Kier molecular flexibility index (Phi) is 3.78. The Morgan fingerprint density at radius 1 is 1.36 bits per heavy atom. The van der Waals surface area contributed by atoms with E-state index in [1.165, 1.54) is 17.4 Å². The van der Waals surface area contributed by atoms with E-state index in [4.69, 9.17) is 0 Å². The van der Waals surface area contributed by atoms with Crippen LogP contribution >= 0.6 is 11.3 Å². The van der Waals surface area contributed by atoms with Gasteiger partial charge in [0.15, 0.2) is 0 Å². The van der Waals surface area contributed by atoms with Gasteiger partial charge in [-0.15, -0.1) is 11.3 Å². The first kappa shape index (κ1) is 15.2. The highest BCUT2D eigenvalue weighted by molar-refractivity contribution is 7.10. The fourth-order valence-corrected chi connectivity index (χ4v) is 3.47. The number of aliphatic hydroxyl groups is 1. The molecule has 0 bridgehead atoms. The van der Waals surface area contributed by atoms with Crippen LogP contribution in [-0.4, -0.2) is 17.6 Å². The molecule has 1 unspecified atom stereocenters. The maximum Gasteiger partial charge on any atom is 0.230 e. The first-order chi connectivity index (χ1) is 10.5. The Bertz CT molecular complexity index is 678. The molecule has 22 heavy (non-hydrogen) atoms. The smallest absolute Gasteiger partial charge is 0.230 e. The lowest BCUT2D eigenvalue weighted by atomic mass is 9.94. The fourth-order valence-electron chi connectivity index (χ4n) is 2.69. The highest BCUT2D eigenvalue weighted by Gasteiger charge is 2.52. The minimum Gasteiger partial charge on any atom is -0.383 e. The van der Waals surface area contributed by atoms with Crippen molar-refractivity contribution in [1.82, 2.24) is 5.32 Å². The molecule has 1 heterocycles. The molecule has 3 nitrogen and oxygen atoms in total. The summed E-state index contributed by atoms with van der Waals surface area (Å²) < 4.78 is 14.0. The lowest BCUT2D eigenvalue weighted by Gasteiger charge is -2.24. The highest BCUT2D eigenvalue weighted by atomic mass is 32.1.